The molecule has 1 amide bonds. The van der Waals surface area contributed by atoms with E-state index in [-0.39, 0.29) is 24.2 Å². The lowest BCUT2D eigenvalue weighted by molar-refractivity contribution is -0.148. The zero-order valence-corrected chi connectivity index (χ0v) is 13.4. The summed E-state index contributed by atoms with van der Waals surface area (Å²) in [6.45, 7) is 2.88. The molecule has 0 bridgehead atoms. The van der Waals surface area contributed by atoms with Crippen LogP contribution in [0.2, 0.25) is 0 Å². The first-order chi connectivity index (χ1) is 10.8. The minimum Gasteiger partial charge on any atom is -0.365 e. The van der Waals surface area contributed by atoms with Crippen LogP contribution in [0.5, 0.6) is 0 Å². The molecular weight excluding hydrogens is 276 g/mol. The van der Waals surface area contributed by atoms with Gasteiger partial charge in [0.15, 0.2) is 0 Å². The summed E-state index contributed by atoms with van der Waals surface area (Å²) >= 11 is 0. The second-order valence-corrected chi connectivity index (χ2v) is 6.42. The van der Waals surface area contributed by atoms with Crippen LogP contribution in [0.4, 0.5) is 0 Å². The van der Waals surface area contributed by atoms with Crippen molar-refractivity contribution in [2.75, 3.05) is 6.54 Å². The van der Waals surface area contributed by atoms with Gasteiger partial charge in [-0.1, -0.05) is 25.8 Å². The molecule has 0 spiro atoms. The van der Waals surface area contributed by atoms with Gasteiger partial charge < -0.3 is 9.64 Å². The molecule has 1 aliphatic carbocycles. The van der Waals surface area contributed by atoms with E-state index in [1.54, 1.807) is 6.20 Å². The van der Waals surface area contributed by atoms with Crippen molar-refractivity contribution in [3.63, 3.8) is 0 Å². The lowest BCUT2D eigenvalue weighted by atomic mass is 10.1. The number of nitrogens with zero attached hydrogens (tertiary/aromatic N) is 2. The summed E-state index contributed by atoms with van der Waals surface area (Å²) in [6.07, 6.45) is 11.2. The van der Waals surface area contributed by atoms with Crippen molar-refractivity contribution in [2.45, 2.75) is 70.1 Å². The zero-order chi connectivity index (χ0) is 15.4. The monoisotopic (exact) mass is 302 g/mol. The number of ether oxygens (including phenoxy) is 1. The van der Waals surface area contributed by atoms with Crippen molar-refractivity contribution in [3.05, 3.63) is 30.1 Å². The zero-order valence-electron chi connectivity index (χ0n) is 13.4. The van der Waals surface area contributed by atoms with E-state index >= 15 is 0 Å². The summed E-state index contributed by atoms with van der Waals surface area (Å²) in [6, 6.07) is 4.19. The van der Waals surface area contributed by atoms with Crippen LogP contribution in [0.3, 0.4) is 0 Å². The maximum Gasteiger partial charge on any atom is 0.252 e. The Labute approximate surface area is 132 Å². The molecular formula is C18H26N2O2. The van der Waals surface area contributed by atoms with Crippen LogP contribution in [0, 0.1) is 0 Å². The second-order valence-electron chi connectivity index (χ2n) is 6.42. The summed E-state index contributed by atoms with van der Waals surface area (Å²) < 4.78 is 6.11. The number of carbonyl (C=O) groups is 1. The highest BCUT2D eigenvalue weighted by Crippen LogP contribution is 2.33. The first-order valence-electron chi connectivity index (χ1n) is 8.65. The molecule has 1 aliphatic heterocycles. The number of likely N-dealkylation sites (tertiary alicyclic amines) is 1. The van der Waals surface area contributed by atoms with Crippen LogP contribution < -0.4 is 0 Å². The summed E-state index contributed by atoms with van der Waals surface area (Å²) in [4.78, 5) is 19.1. The number of aromatic nitrogens is 1. The summed E-state index contributed by atoms with van der Waals surface area (Å²) in [5, 5.41) is 0. The van der Waals surface area contributed by atoms with Crippen molar-refractivity contribution in [2.24, 2.45) is 0 Å². The molecule has 120 valence electrons. The highest BCUT2D eigenvalue weighted by Gasteiger charge is 2.35. The average Bonchev–Trinajstić information content (AvgIpc) is 3.24. The molecule has 1 saturated heterocycles. The van der Waals surface area contributed by atoms with Gasteiger partial charge >= 0.3 is 0 Å². The molecule has 0 aromatic carbocycles. The van der Waals surface area contributed by atoms with Crippen LogP contribution >= 0.6 is 0 Å². The number of pyridine rings is 1. The fourth-order valence-electron chi connectivity index (χ4n) is 3.72. The second kappa shape index (κ2) is 7.23. The molecule has 3 rings (SSSR count). The van der Waals surface area contributed by atoms with E-state index in [0.29, 0.717) is 0 Å². The van der Waals surface area contributed by atoms with Gasteiger partial charge in [-0.25, -0.2) is 0 Å². The molecule has 2 fully saturated rings. The van der Waals surface area contributed by atoms with Gasteiger partial charge in [0.1, 0.15) is 6.10 Å². The number of carbonyl (C=O) groups excluding carboxylic acids is 1. The van der Waals surface area contributed by atoms with E-state index in [0.717, 1.165) is 44.2 Å². The number of amides is 1. The molecule has 2 atom stereocenters. The van der Waals surface area contributed by atoms with Crippen LogP contribution in [0.15, 0.2) is 24.5 Å². The standard InChI is InChI=1S/C18H26N2O2/c1-2-17(22-15-8-3-4-9-15)18(21)20-12-6-10-16(20)14-7-5-11-19-13-14/h5,7,11,13,15-17H,2-4,6,8-10,12H2,1H3/t16-,17+/m1/s1. The molecule has 1 aromatic heterocycles. The van der Waals surface area contributed by atoms with Crippen LogP contribution in [0.25, 0.3) is 0 Å². The van der Waals surface area contributed by atoms with Gasteiger partial charge in [-0.15, -0.1) is 0 Å². The lowest BCUT2D eigenvalue weighted by Gasteiger charge is -2.30. The smallest absolute Gasteiger partial charge is 0.252 e. The maximum absolute atomic E-state index is 12.9. The van der Waals surface area contributed by atoms with E-state index in [1.165, 1.54) is 12.8 Å². The average molecular weight is 302 g/mol. The molecule has 1 saturated carbocycles. The number of hydrogen-bond donors (Lipinski definition) is 0. The Bertz CT molecular complexity index is 485. The summed E-state index contributed by atoms with van der Waals surface area (Å²) in [5.74, 6) is 0.167. The molecule has 2 aliphatic rings. The maximum atomic E-state index is 12.9. The van der Waals surface area contributed by atoms with Gasteiger partial charge in [0.2, 0.25) is 0 Å². The fourth-order valence-corrected chi connectivity index (χ4v) is 3.72. The van der Waals surface area contributed by atoms with Crippen molar-refractivity contribution < 1.29 is 9.53 Å². The molecule has 0 unspecified atom stereocenters. The topological polar surface area (TPSA) is 42.4 Å². The highest BCUT2D eigenvalue weighted by atomic mass is 16.5. The van der Waals surface area contributed by atoms with Crippen molar-refractivity contribution >= 4 is 5.91 Å². The van der Waals surface area contributed by atoms with E-state index in [4.69, 9.17) is 4.74 Å². The third kappa shape index (κ3) is 3.32. The van der Waals surface area contributed by atoms with E-state index in [1.807, 2.05) is 24.1 Å². The first-order valence-corrected chi connectivity index (χ1v) is 8.65. The number of rotatable bonds is 5. The molecule has 22 heavy (non-hydrogen) atoms. The normalized spacial score (nSPS) is 23.9. The Hall–Kier alpha value is -1.42. The molecule has 2 heterocycles. The Morgan fingerprint density at radius 1 is 1.36 bits per heavy atom. The third-order valence-electron chi connectivity index (χ3n) is 4.91. The first kappa shape index (κ1) is 15.5. The minimum atomic E-state index is -0.277. The summed E-state index contributed by atoms with van der Waals surface area (Å²) in [7, 11) is 0. The lowest BCUT2D eigenvalue weighted by Crippen LogP contribution is -2.41. The van der Waals surface area contributed by atoms with Gasteiger partial charge in [-0.3, -0.25) is 9.78 Å². The van der Waals surface area contributed by atoms with E-state index < -0.39 is 0 Å². The molecule has 1 aromatic rings. The van der Waals surface area contributed by atoms with Crippen LogP contribution in [-0.4, -0.2) is 34.5 Å². The Morgan fingerprint density at radius 2 is 2.18 bits per heavy atom. The predicted octanol–water partition coefficient (Wildman–Crippen LogP) is 3.48. The van der Waals surface area contributed by atoms with Gasteiger partial charge in [-0.05, 0) is 43.7 Å². The summed E-state index contributed by atoms with van der Waals surface area (Å²) in [5.41, 5.74) is 1.14. The molecule has 4 heteroatoms. The SMILES string of the molecule is CC[C@H](OC1CCCC1)C(=O)N1CCC[C@@H]1c1cccnc1. The molecule has 4 nitrogen and oxygen atoms in total. The van der Waals surface area contributed by atoms with Crippen molar-refractivity contribution in [1.29, 1.82) is 0 Å². The van der Waals surface area contributed by atoms with Gasteiger partial charge in [-0.2, -0.15) is 0 Å². The van der Waals surface area contributed by atoms with Crippen molar-refractivity contribution in [3.8, 4) is 0 Å². The Balaban J connectivity index is 1.68. The molecule has 0 N–H and O–H groups in total. The third-order valence-corrected chi connectivity index (χ3v) is 4.91. The highest BCUT2D eigenvalue weighted by molar-refractivity contribution is 5.81. The fraction of sp³-hybridized carbons (Fsp3) is 0.667. The van der Waals surface area contributed by atoms with Crippen molar-refractivity contribution in [1.82, 2.24) is 9.88 Å². The Morgan fingerprint density at radius 3 is 2.86 bits per heavy atom. The van der Waals surface area contributed by atoms with E-state index in [9.17, 15) is 4.79 Å². The quantitative estimate of drug-likeness (QED) is 0.836. The van der Waals surface area contributed by atoms with Gasteiger partial charge in [0.25, 0.3) is 5.91 Å². The van der Waals surface area contributed by atoms with Crippen LogP contribution in [-0.2, 0) is 9.53 Å². The minimum absolute atomic E-state index is 0.167. The molecule has 0 radical (unpaired) electrons. The van der Waals surface area contributed by atoms with Gasteiger partial charge in [0, 0.05) is 18.9 Å². The largest absolute Gasteiger partial charge is 0.365 e. The van der Waals surface area contributed by atoms with Gasteiger partial charge in [0.05, 0.1) is 12.1 Å². The van der Waals surface area contributed by atoms with Crippen LogP contribution in [0.1, 0.15) is 63.5 Å². The predicted molar refractivity (Wildman–Crippen MR) is 85.3 cm³/mol. The van der Waals surface area contributed by atoms with E-state index in [2.05, 4.69) is 11.1 Å². The number of hydrogen-bond acceptors (Lipinski definition) is 3. The Kier molecular flexibility index (Phi) is 5.08.